The Hall–Kier alpha value is -0.466. The SMILES string of the molecule is CC1=C(O[Si](C)(C)C)CC[C@@H](C)[C@]1(C)CCC#C[Si](C)(C)C. The largest absolute Gasteiger partial charge is 0.547 e. The van der Waals surface area contributed by atoms with Gasteiger partial charge in [0, 0.05) is 12.8 Å². The van der Waals surface area contributed by atoms with E-state index in [2.05, 4.69) is 71.5 Å². The number of rotatable bonds is 4. The lowest BCUT2D eigenvalue weighted by molar-refractivity contribution is 0.182. The second-order valence-electron chi connectivity index (χ2n) is 9.17. The van der Waals surface area contributed by atoms with E-state index in [0.717, 1.165) is 25.2 Å². The van der Waals surface area contributed by atoms with Gasteiger partial charge in [0.2, 0.25) is 8.32 Å². The molecule has 0 amide bonds. The summed E-state index contributed by atoms with van der Waals surface area (Å²) in [6.07, 6.45) is 4.54. The molecule has 0 aromatic heterocycles. The lowest BCUT2D eigenvalue weighted by Crippen LogP contribution is -2.34. The first kappa shape index (κ1) is 19.6. The number of hydrogen-bond donors (Lipinski definition) is 0. The molecule has 0 saturated carbocycles. The molecule has 0 aromatic carbocycles. The lowest BCUT2D eigenvalue weighted by atomic mass is 9.65. The van der Waals surface area contributed by atoms with Gasteiger partial charge in [-0.1, -0.05) is 33.5 Å². The fourth-order valence-electron chi connectivity index (χ4n) is 3.12. The molecule has 22 heavy (non-hydrogen) atoms. The Balaban J connectivity index is 2.91. The predicted octanol–water partition coefficient (Wildman–Crippen LogP) is 6.21. The molecule has 1 nitrogen and oxygen atoms in total. The van der Waals surface area contributed by atoms with Crippen molar-refractivity contribution in [2.45, 2.75) is 85.7 Å². The summed E-state index contributed by atoms with van der Waals surface area (Å²) in [5.41, 5.74) is 5.25. The molecule has 126 valence electrons. The van der Waals surface area contributed by atoms with Gasteiger partial charge in [0.05, 0.1) is 5.76 Å². The third-order valence-corrected chi connectivity index (χ3v) is 6.61. The molecule has 0 bridgehead atoms. The van der Waals surface area contributed by atoms with E-state index < -0.39 is 16.4 Å². The normalized spacial score (nSPS) is 26.5. The highest BCUT2D eigenvalue weighted by atomic mass is 28.4. The topological polar surface area (TPSA) is 9.23 Å². The first-order valence-electron chi connectivity index (χ1n) is 8.74. The van der Waals surface area contributed by atoms with Crippen LogP contribution in [0.3, 0.4) is 0 Å². The van der Waals surface area contributed by atoms with Crippen LogP contribution in [0.25, 0.3) is 0 Å². The fraction of sp³-hybridized carbons (Fsp3) is 0.789. The minimum absolute atomic E-state index is 0.251. The zero-order chi connectivity index (χ0) is 17.2. The maximum Gasteiger partial charge on any atom is 0.241 e. The molecule has 0 fully saturated rings. The van der Waals surface area contributed by atoms with Crippen LogP contribution in [0.2, 0.25) is 39.3 Å². The lowest BCUT2D eigenvalue weighted by Gasteiger charge is -2.43. The number of allylic oxidation sites excluding steroid dienone is 2. The highest BCUT2D eigenvalue weighted by Crippen LogP contribution is 2.48. The van der Waals surface area contributed by atoms with Crippen LogP contribution < -0.4 is 0 Å². The van der Waals surface area contributed by atoms with Crippen molar-refractivity contribution >= 4 is 16.4 Å². The summed E-state index contributed by atoms with van der Waals surface area (Å²) in [6, 6.07) is 0. The Bertz CT molecular complexity index is 482. The maximum absolute atomic E-state index is 6.38. The van der Waals surface area contributed by atoms with Gasteiger partial charge in [0.25, 0.3) is 0 Å². The van der Waals surface area contributed by atoms with Crippen LogP contribution in [-0.4, -0.2) is 16.4 Å². The zero-order valence-corrected chi connectivity index (χ0v) is 18.3. The van der Waals surface area contributed by atoms with E-state index in [4.69, 9.17) is 4.43 Å². The van der Waals surface area contributed by atoms with Crippen LogP contribution in [0.4, 0.5) is 0 Å². The van der Waals surface area contributed by atoms with E-state index in [9.17, 15) is 0 Å². The third kappa shape index (κ3) is 5.63. The molecule has 0 N–H and O–H groups in total. The van der Waals surface area contributed by atoms with Crippen molar-refractivity contribution in [3.63, 3.8) is 0 Å². The molecule has 3 heteroatoms. The smallest absolute Gasteiger partial charge is 0.241 e. The van der Waals surface area contributed by atoms with Gasteiger partial charge in [-0.15, -0.1) is 11.5 Å². The first-order chi connectivity index (χ1) is 9.85. The van der Waals surface area contributed by atoms with Crippen molar-refractivity contribution in [1.82, 2.24) is 0 Å². The van der Waals surface area contributed by atoms with E-state index in [0.29, 0.717) is 0 Å². The molecule has 0 spiro atoms. The standard InChI is InChI=1S/C19H36OSi2/c1-16-12-13-18(20-22(7,8)9)17(2)19(16,3)14-10-11-15-21(4,5)6/h16H,10,12-14H2,1-9H3/t16-,19+/m1/s1. The Morgan fingerprint density at radius 2 is 1.77 bits per heavy atom. The summed E-state index contributed by atoms with van der Waals surface area (Å²) in [7, 11) is -2.75. The van der Waals surface area contributed by atoms with Crippen molar-refractivity contribution in [2.24, 2.45) is 11.3 Å². The Labute approximate surface area is 141 Å². The molecular formula is C19H36OSi2. The van der Waals surface area contributed by atoms with E-state index in [1.807, 2.05) is 0 Å². The molecule has 1 rings (SSSR count). The fourth-order valence-corrected chi connectivity index (χ4v) is 4.77. The van der Waals surface area contributed by atoms with Gasteiger partial charge in [-0.3, -0.25) is 0 Å². The monoisotopic (exact) mass is 336 g/mol. The molecule has 1 aliphatic rings. The minimum atomic E-state index is -1.51. The van der Waals surface area contributed by atoms with E-state index >= 15 is 0 Å². The van der Waals surface area contributed by atoms with Gasteiger partial charge >= 0.3 is 0 Å². The Morgan fingerprint density at radius 1 is 1.18 bits per heavy atom. The predicted molar refractivity (Wildman–Crippen MR) is 104 cm³/mol. The zero-order valence-electron chi connectivity index (χ0n) is 16.3. The molecule has 0 unspecified atom stereocenters. The Morgan fingerprint density at radius 3 is 2.27 bits per heavy atom. The summed E-state index contributed by atoms with van der Waals surface area (Å²) in [5, 5.41) is 0. The quantitative estimate of drug-likeness (QED) is 0.438. The van der Waals surface area contributed by atoms with Crippen molar-refractivity contribution in [1.29, 1.82) is 0 Å². The first-order valence-corrected chi connectivity index (χ1v) is 15.7. The second-order valence-corrected chi connectivity index (χ2v) is 18.4. The minimum Gasteiger partial charge on any atom is -0.547 e. The molecule has 0 aliphatic heterocycles. The number of hydrogen-bond acceptors (Lipinski definition) is 1. The summed E-state index contributed by atoms with van der Waals surface area (Å²) >= 11 is 0. The van der Waals surface area contributed by atoms with E-state index in [1.165, 1.54) is 17.8 Å². The molecule has 0 saturated heterocycles. The Kier molecular flexibility index (Phi) is 6.20. The molecular weight excluding hydrogens is 300 g/mol. The van der Waals surface area contributed by atoms with Crippen LogP contribution in [0, 0.1) is 22.8 Å². The summed E-state index contributed by atoms with van der Waals surface area (Å²) in [4.78, 5) is 0. The van der Waals surface area contributed by atoms with Gasteiger partial charge < -0.3 is 4.43 Å². The average Bonchev–Trinajstić information content (AvgIpc) is 2.34. The van der Waals surface area contributed by atoms with Crippen LogP contribution in [-0.2, 0) is 4.43 Å². The van der Waals surface area contributed by atoms with Crippen molar-refractivity contribution in [2.75, 3.05) is 0 Å². The van der Waals surface area contributed by atoms with Crippen LogP contribution in [0.5, 0.6) is 0 Å². The highest BCUT2D eigenvalue weighted by molar-refractivity contribution is 6.83. The molecule has 0 heterocycles. The van der Waals surface area contributed by atoms with Crippen LogP contribution >= 0.6 is 0 Å². The van der Waals surface area contributed by atoms with Gasteiger partial charge in [0.1, 0.15) is 8.07 Å². The molecule has 1 aliphatic carbocycles. The van der Waals surface area contributed by atoms with Gasteiger partial charge in [-0.2, -0.15) is 0 Å². The van der Waals surface area contributed by atoms with Gasteiger partial charge in [-0.05, 0) is 56.3 Å². The molecule has 2 atom stereocenters. The van der Waals surface area contributed by atoms with Crippen molar-refractivity contribution in [3.05, 3.63) is 11.3 Å². The molecule has 0 radical (unpaired) electrons. The highest BCUT2D eigenvalue weighted by Gasteiger charge is 2.38. The van der Waals surface area contributed by atoms with Gasteiger partial charge in [0.15, 0.2) is 0 Å². The molecule has 0 aromatic rings. The van der Waals surface area contributed by atoms with Gasteiger partial charge in [-0.25, -0.2) is 0 Å². The van der Waals surface area contributed by atoms with Crippen LogP contribution in [0.15, 0.2) is 11.3 Å². The summed E-state index contributed by atoms with van der Waals surface area (Å²) < 4.78 is 6.38. The average molecular weight is 337 g/mol. The summed E-state index contributed by atoms with van der Waals surface area (Å²) in [6.45, 7) is 20.9. The van der Waals surface area contributed by atoms with Crippen LogP contribution in [0.1, 0.15) is 46.5 Å². The third-order valence-electron chi connectivity index (χ3n) is 4.83. The summed E-state index contributed by atoms with van der Waals surface area (Å²) in [5.74, 6) is 5.47. The van der Waals surface area contributed by atoms with E-state index in [-0.39, 0.29) is 5.41 Å². The van der Waals surface area contributed by atoms with E-state index in [1.54, 1.807) is 0 Å². The second kappa shape index (κ2) is 6.97. The van der Waals surface area contributed by atoms with Crippen molar-refractivity contribution in [3.8, 4) is 11.5 Å². The van der Waals surface area contributed by atoms with Crippen molar-refractivity contribution < 1.29 is 4.43 Å². The maximum atomic E-state index is 6.38.